The molecule has 0 fully saturated rings. The van der Waals surface area contributed by atoms with Gasteiger partial charge in [-0.05, 0) is 18.6 Å². The number of tetrazole rings is 1. The highest BCUT2D eigenvalue weighted by atomic mass is 16.5. The lowest BCUT2D eigenvalue weighted by Crippen LogP contribution is -2.38. The fourth-order valence-corrected chi connectivity index (χ4v) is 1.18. The predicted molar refractivity (Wildman–Crippen MR) is 53.2 cm³/mol. The van der Waals surface area contributed by atoms with E-state index in [-0.39, 0.29) is 12.2 Å². The zero-order valence-electron chi connectivity index (χ0n) is 9.52. The molecule has 1 aromatic heterocycles. The summed E-state index contributed by atoms with van der Waals surface area (Å²) in [5.41, 5.74) is -0.751. The van der Waals surface area contributed by atoms with Gasteiger partial charge in [-0.1, -0.05) is 6.92 Å². The van der Waals surface area contributed by atoms with Gasteiger partial charge < -0.3 is 4.74 Å². The summed E-state index contributed by atoms with van der Waals surface area (Å²) < 4.78 is 5.20. The van der Waals surface area contributed by atoms with E-state index in [4.69, 9.17) is 4.74 Å². The van der Waals surface area contributed by atoms with Crippen molar-refractivity contribution in [2.24, 2.45) is 7.05 Å². The number of carbonyl (C=O) groups is 1. The highest BCUT2D eigenvalue weighted by Gasteiger charge is 2.31. The summed E-state index contributed by atoms with van der Waals surface area (Å²) in [7, 11) is 3.20. The van der Waals surface area contributed by atoms with Crippen molar-refractivity contribution in [1.82, 2.24) is 20.2 Å². The Labute approximate surface area is 88.6 Å². The molecule has 0 saturated heterocycles. The van der Waals surface area contributed by atoms with E-state index < -0.39 is 5.60 Å². The summed E-state index contributed by atoms with van der Waals surface area (Å²) in [6.45, 7) is 3.68. The standard InChI is InChI=1S/C9H16N4O2/c1-5-9(2,15-4)7(14)6-8-10-12-13(3)11-8/h5-6H2,1-4H3. The molecular weight excluding hydrogens is 196 g/mol. The van der Waals surface area contributed by atoms with Gasteiger partial charge in [0.25, 0.3) is 0 Å². The van der Waals surface area contributed by atoms with Crippen LogP contribution in [0.1, 0.15) is 26.1 Å². The first kappa shape index (κ1) is 11.8. The summed E-state index contributed by atoms with van der Waals surface area (Å²) in [6.07, 6.45) is 0.786. The van der Waals surface area contributed by atoms with E-state index in [0.717, 1.165) is 0 Å². The Balaban J connectivity index is 2.70. The Kier molecular flexibility index (Phi) is 3.52. The van der Waals surface area contributed by atoms with Crippen molar-refractivity contribution >= 4 is 5.78 Å². The number of aryl methyl sites for hydroxylation is 1. The number of rotatable bonds is 5. The molecule has 0 aromatic carbocycles. The Bertz CT molecular complexity index is 344. The molecule has 0 aliphatic rings. The highest BCUT2D eigenvalue weighted by molar-refractivity contribution is 5.88. The van der Waals surface area contributed by atoms with E-state index in [2.05, 4.69) is 15.4 Å². The third-order valence-corrected chi connectivity index (χ3v) is 2.58. The van der Waals surface area contributed by atoms with Crippen molar-refractivity contribution in [3.8, 4) is 0 Å². The summed E-state index contributed by atoms with van der Waals surface area (Å²) in [5.74, 6) is 0.403. The average molecular weight is 212 g/mol. The lowest BCUT2D eigenvalue weighted by atomic mass is 9.95. The lowest BCUT2D eigenvalue weighted by molar-refractivity contribution is -0.138. The van der Waals surface area contributed by atoms with Crippen molar-refractivity contribution in [2.75, 3.05) is 7.11 Å². The highest BCUT2D eigenvalue weighted by Crippen LogP contribution is 2.16. The maximum absolute atomic E-state index is 11.9. The van der Waals surface area contributed by atoms with Crippen LogP contribution in [0, 0.1) is 0 Å². The number of methoxy groups -OCH3 is 1. The van der Waals surface area contributed by atoms with Crippen LogP contribution in [-0.4, -0.2) is 38.7 Å². The number of hydrogen-bond acceptors (Lipinski definition) is 5. The second kappa shape index (κ2) is 4.48. The van der Waals surface area contributed by atoms with Crippen LogP contribution >= 0.6 is 0 Å². The van der Waals surface area contributed by atoms with E-state index in [1.54, 1.807) is 14.0 Å². The summed E-state index contributed by atoms with van der Waals surface area (Å²) in [5, 5.41) is 11.4. The molecule has 0 spiro atoms. The minimum Gasteiger partial charge on any atom is -0.371 e. The van der Waals surface area contributed by atoms with Gasteiger partial charge in [0.05, 0.1) is 13.5 Å². The number of Topliss-reactive ketones (excluding diaryl/α,β-unsaturated/α-hetero) is 1. The van der Waals surface area contributed by atoms with Crippen LogP contribution in [-0.2, 0) is 23.0 Å². The molecule has 0 N–H and O–H groups in total. The molecule has 1 aromatic rings. The average Bonchev–Trinajstić information content (AvgIpc) is 2.62. The van der Waals surface area contributed by atoms with Gasteiger partial charge in [-0.3, -0.25) is 4.79 Å². The quantitative estimate of drug-likeness (QED) is 0.694. The molecule has 1 unspecified atom stereocenters. The molecule has 0 amide bonds. The first-order valence-corrected chi connectivity index (χ1v) is 4.83. The number of ether oxygens (including phenoxy) is 1. The van der Waals surface area contributed by atoms with E-state index in [0.29, 0.717) is 12.2 Å². The normalized spacial score (nSPS) is 14.9. The molecular formula is C9H16N4O2. The zero-order chi connectivity index (χ0) is 11.5. The van der Waals surface area contributed by atoms with E-state index >= 15 is 0 Å². The molecule has 0 radical (unpaired) electrons. The van der Waals surface area contributed by atoms with Gasteiger partial charge in [0.1, 0.15) is 5.60 Å². The third-order valence-electron chi connectivity index (χ3n) is 2.58. The third kappa shape index (κ3) is 2.59. The predicted octanol–water partition coefficient (Wildman–Crippen LogP) is 0.137. The van der Waals surface area contributed by atoms with E-state index in [1.807, 2.05) is 6.92 Å². The lowest BCUT2D eigenvalue weighted by Gasteiger charge is -2.24. The van der Waals surface area contributed by atoms with Crippen LogP contribution < -0.4 is 0 Å². The minimum atomic E-state index is -0.751. The van der Waals surface area contributed by atoms with Crippen molar-refractivity contribution in [2.45, 2.75) is 32.3 Å². The van der Waals surface area contributed by atoms with Gasteiger partial charge in [0.2, 0.25) is 0 Å². The monoisotopic (exact) mass is 212 g/mol. The number of ketones is 1. The molecule has 0 aliphatic carbocycles. The number of nitrogens with zero attached hydrogens (tertiary/aromatic N) is 4. The van der Waals surface area contributed by atoms with Crippen molar-refractivity contribution < 1.29 is 9.53 Å². The van der Waals surface area contributed by atoms with E-state index in [9.17, 15) is 4.79 Å². The molecule has 0 bridgehead atoms. The van der Waals surface area contributed by atoms with E-state index in [1.165, 1.54) is 11.9 Å². The number of carbonyl (C=O) groups excluding carboxylic acids is 1. The number of hydrogen-bond donors (Lipinski definition) is 0. The first-order valence-electron chi connectivity index (χ1n) is 4.83. The van der Waals surface area contributed by atoms with Gasteiger partial charge in [0.15, 0.2) is 11.6 Å². The SMILES string of the molecule is CCC(C)(OC)C(=O)Cc1nnn(C)n1. The van der Waals surface area contributed by atoms with Gasteiger partial charge >= 0.3 is 0 Å². The van der Waals surface area contributed by atoms with Gasteiger partial charge in [-0.25, -0.2) is 0 Å². The van der Waals surface area contributed by atoms with Crippen LogP contribution in [0.3, 0.4) is 0 Å². The van der Waals surface area contributed by atoms with Crippen molar-refractivity contribution in [1.29, 1.82) is 0 Å². The smallest absolute Gasteiger partial charge is 0.182 e. The Hall–Kier alpha value is -1.30. The molecule has 0 aliphatic heterocycles. The number of aromatic nitrogens is 4. The zero-order valence-corrected chi connectivity index (χ0v) is 9.52. The fraction of sp³-hybridized carbons (Fsp3) is 0.778. The van der Waals surface area contributed by atoms with Gasteiger partial charge in [-0.15, -0.1) is 10.2 Å². The molecule has 6 nitrogen and oxygen atoms in total. The Morgan fingerprint density at radius 1 is 1.60 bits per heavy atom. The first-order chi connectivity index (χ1) is 7.01. The fourth-order valence-electron chi connectivity index (χ4n) is 1.18. The summed E-state index contributed by atoms with van der Waals surface area (Å²) >= 11 is 0. The van der Waals surface area contributed by atoms with Crippen molar-refractivity contribution in [3.05, 3.63) is 5.82 Å². The molecule has 0 saturated carbocycles. The Morgan fingerprint density at radius 3 is 2.67 bits per heavy atom. The molecule has 84 valence electrons. The molecule has 6 heteroatoms. The van der Waals surface area contributed by atoms with Gasteiger partial charge in [-0.2, -0.15) is 4.80 Å². The van der Waals surface area contributed by atoms with Gasteiger partial charge in [0, 0.05) is 7.11 Å². The maximum Gasteiger partial charge on any atom is 0.182 e. The largest absolute Gasteiger partial charge is 0.371 e. The van der Waals surface area contributed by atoms with Crippen LogP contribution in [0.25, 0.3) is 0 Å². The molecule has 1 rings (SSSR count). The second-order valence-electron chi connectivity index (χ2n) is 3.58. The minimum absolute atomic E-state index is 0.0273. The summed E-state index contributed by atoms with van der Waals surface area (Å²) in [4.78, 5) is 13.2. The maximum atomic E-state index is 11.9. The molecule has 15 heavy (non-hydrogen) atoms. The second-order valence-corrected chi connectivity index (χ2v) is 3.58. The topological polar surface area (TPSA) is 69.9 Å². The summed E-state index contributed by atoms with van der Waals surface area (Å²) in [6, 6.07) is 0. The molecule has 1 atom stereocenters. The van der Waals surface area contributed by atoms with Crippen LogP contribution in [0.5, 0.6) is 0 Å². The Morgan fingerprint density at radius 2 is 2.27 bits per heavy atom. The molecule has 1 heterocycles. The van der Waals surface area contributed by atoms with Crippen molar-refractivity contribution in [3.63, 3.8) is 0 Å². The van der Waals surface area contributed by atoms with Crippen LogP contribution in [0.4, 0.5) is 0 Å². The van der Waals surface area contributed by atoms with Crippen LogP contribution in [0.2, 0.25) is 0 Å². The van der Waals surface area contributed by atoms with Crippen LogP contribution in [0.15, 0.2) is 0 Å².